The highest BCUT2D eigenvalue weighted by atomic mass is 16.7. The second-order valence-corrected chi connectivity index (χ2v) is 5.28. The van der Waals surface area contributed by atoms with Crippen molar-refractivity contribution in [3.8, 4) is 0 Å². The van der Waals surface area contributed by atoms with Gasteiger partial charge in [-0.05, 0) is 6.08 Å². The number of hydrogen-bond donors (Lipinski definition) is 3. The van der Waals surface area contributed by atoms with Crippen molar-refractivity contribution in [2.75, 3.05) is 13.2 Å². The normalized spacial score (nSPS) is 53.5. The first-order valence-electron chi connectivity index (χ1n) is 6.03. The van der Waals surface area contributed by atoms with Gasteiger partial charge in [0.2, 0.25) is 0 Å². The SMILES string of the molecule is OC1=CC2(O)C3OC3COCC3OC3C2C(O)=C1. The Kier molecular flexibility index (Phi) is 1.96. The molecule has 4 rings (SSSR count). The average Bonchev–Trinajstić information content (AvgIpc) is 3.13. The van der Waals surface area contributed by atoms with E-state index < -0.39 is 17.6 Å². The van der Waals surface area contributed by atoms with E-state index in [1.165, 1.54) is 12.2 Å². The van der Waals surface area contributed by atoms with E-state index in [0.29, 0.717) is 13.2 Å². The summed E-state index contributed by atoms with van der Waals surface area (Å²) < 4.78 is 16.3. The predicted octanol–water partition coefficient (Wildman–Crippen LogP) is -0.204. The molecule has 3 fully saturated rings. The largest absolute Gasteiger partial charge is 0.512 e. The van der Waals surface area contributed by atoms with Gasteiger partial charge < -0.3 is 29.5 Å². The molecule has 3 N–H and O–H groups in total. The summed E-state index contributed by atoms with van der Waals surface area (Å²) in [6.07, 6.45) is 1.52. The number of aliphatic hydroxyl groups is 3. The highest BCUT2D eigenvalue weighted by Crippen LogP contribution is 2.50. The summed E-state index contributed by atoms with van der Waals surface area (Å²) in [5, 5.41) is 30.4. The number of epoxide rings is 2. The van der Waals surface area contributed by atoms with Crippen LogP contribution >= 0.6 is 0 Å². The third kappa shape index (κ3) is 1.37. The fourth-order valence-corrected chi connectivity index (χ4v) is 3.10. The van der Waals surface area contributed by atoms with Crippen molar-refractivity contribution in [2.24, 2.45) is 5.92 Å². The van der Waals surface area contributed by atoms with Gasteiger partial charge in [-0.25, -0.2) is 0 Å². The Morgan fingerprint density at radius 3 is 2.78 bits per heavy atom. The molecule has 0 aromatic carbocycles. The molecule has 18 heavy (non-hydrogen) atoms. The number of ether oxygens (including phenoxy) is 3. The Balaban J connectivity index is 1.76. The minimum Gasteiger partial charge on any atom is -0.512 e. The molecule has 0 aromatic heterocycles. The zero-order valence-electron chi connectivity index (χ0n) is 9.52. The monoisotopic (exact) mass is 254 g/mol. The lowest BCUT2D eigenvalue weighted by Gasteiger charge is -2.33. The Morgan fingerprint density at radius 1 is 1.17 bits per heavy atom. The molecule has 6 nitrogen and oxygen atoms in total. The van der Waals surface area contributed by atoms with E-state index in [1.54, 1.807) is 0 Å². The molecular weight excluding hydrogens is 240 g/mol. The molecule has 3 heterocycles. The first-order valence-corrected chi connectivity index (χ1v) is 6.03. The van der Waals surface area contributed by atoms with Gasteiger partial charge in [0.1, 0.15) is 35.4 Å². The molecule has 98 valence electrons. The molecule has 3 aliphatic heterocycles. The molecule has 6 atom stereocenters. The van der Waals surface area contributed by atoms with Crippen LogP contribution in [-0.2, 0) is 14.2 Å². The minimum absolute atomic E-state index is 0.0684. The van der Waals surface area contributed by atoms with Gasteiger partial charge in [0.05, 0.1) is 25.2 Å². The van der Waals surface area contributed by atoms with E-state index in [9.17, 15) is 15.3 Å². The van der Waals surface area contributed by atoms with Gasteiger partial charge in [0.15, 0.2) is 0 Å². The van der Waals surface area contributed by atoms with Crippen LogP contribution in [0.4, 0.5) is 0 Å². The van der Waals surface area contributed by atoms with Crippen LogP contribution in [0.15, 0.2) is 23.7 Å². The van der Waals surface area contributed by atoms with Crippen molar-refractivity contribution in [1.82, 2.24) is 0 Å². The van der Waals surface area contributed by atoms with Crippen LogP contribution in [0.25, 0.3) is 0 Å². The number of hydrogen-bond acceptors (Lipinski definition) is 6. The minimum atomic E-state index is -1.43. The number of fused-ring (bicyclic) bond motifs is 5. The van der Waals surface area contributed by atoms with Gasteiger partial charge in [-0.3, -0.25) is 0 Å². The Hall–Kier alpha value is -1.08. The molecule has 4 aliphatic rings. The van der Waals surface area contributed by atoms with Crippen LogP contribution in [0, 0.1) is 5.92 Å². The van der Waals surface area contributed by atoms with E-state index in [4.69, 9.17) is 14.2 Å². The van der Waals surface area contributed by atoms with Gasteiger partial charge in [0, 0.05) is 6.08 Å². The second kappa shape index (κ2) is 3.27. The smallest absolute Gasteiger partial charge is 0.128 e. The highest BCUT2D eigenvalue weighted by Gasteiger charge is 2.65. The van der Waals surface area contributed by atoms with Crippen LogP contribution in [0.3, 0.4) is 0 Å². The van der Waals surface area contributed by atoms with Gasteiger partial charge in [0.25, 0.3) is 0 Å². The lowest BCUT2D eigenvalue weighted by molar-refractivity contribution is -0.0146. The maximum Gasteiger partial charge on any atom is 0.128 e. The maximum atomic E-state index is 10.8. The zero-order valence-corrected chi connectivity index (χ0v) is 9.52. The summed E-state index contributed by atoms with van der Waals surface area (Å²) in [5.41, 5.74) is -1.43. The molecule has 0 radical (unpaired) electrons. The van der Waals surface area contributed by atoms with Crippen molar-refractivity contribution in [2.45, 2.75) is 30.0 Å². The van der Waals surface area contributed by atoms with Gasteiger partial charge in [-0.1, -0.05) is 0 Å². The molecule has 0 amide bonds. The fourth-order valence-electron chi connectivity index (χ4n) is 3.10. The molecule has 0 saturated carbocycles. The quantitative estimate of drug-likeness (QED) is 0.518. The van der Waals surface area contributed by atoms with Crippen LogP contribution in [0.5, 0.6) is 0 Å². The molecule has 0 bridgehead atoms. The molecule has 6 heteroatoms. The topological polar surface area (TPSA) is 95.0 Å². The summed E-state index contributed by atoms with van der Waals surface area (Å²) >= 11 is 0. The summed E-state index contributed by atoms with van der Waals surface area (Å²) in [6.45, 7) is 0.832. The van der Waals surface area contributed by atoms with E-state index in [1.807, 2.05) is 0 Å². The zero-order chi connectivity index (χ0) is 12.5. The van der Waals surface area contributed by atoms with Crippen molar-refractivity contribution in [1.29, 1.82) is 0 Å². The summed E-state index contributed by atoms with van der Waals surface area (Å²) in [7, 11) is 0. The Bertz CT molecular complexity index is 457. The van der Waals surface area contributed by atoms with E-state index in [-0.39, 0.29) is 29.8 Å². The number of allylic oxidation sites excluding steroid dienone is 1. The Morgan fingerprint density at radius 2 is 1.94 bits per heavy atom. The van der Waals surface area contributed by atoms with E-state index >= 15 is 0 Å². The van der Waals surface area contributed by atoms with Gasteiger partial charge >= 0.3 is 0 Å². The Labute approximate surface area is 103 Å². The highest BCUT2D eigenvalue weighted by molar-refractivity contribution is 5.35. The predicted molar refractivity (Wildman–Crippen MR) is 58.0 cm³/mol. The van der Waals surface area contributed by atoms with Crippen LogP contribution in [-0.4, -0.2) is 58.6 Å². The third-order valence-corrected chi connectivity index (χ3v) is 4.04. The lowest BCUT2D eigenvalue weighted by Crippen LogP contribution is -2.48. The van der Waals surface area contributed by atoms with Crippen LogP contribution in [0.1, 0.15) is 0 Å². The molecule has 0 aromatic rings. The van der Waals surface area contributed by atoms with Gasteiger partial charge in [-0.2, -0.15) is 0 Å². The molecule has 0 spiro atoms. The number of rotatable bonds is 0. The maximum absolute atomic E-state index is 10.8. The summed E-state index contributed by atoms with van der Waals surface area (Å²) in [5.74, 6) is -0.825. The standard InChI is InChI=1S/C12H14O6/c13-5-1-6(14)9-10-7(17-10)3-16-4-8-11(18-8)12(9,15)2-5/h1-2,7-11,13-15H,3-4H2. The first kappa shape index (κ1) is 10.8. The van der Waals surface area contributed by atoms with Crippen molar-refractivity contribution in [3.63, 3.8) is 0 Å². The fraction of sp³-hybridized carbons (Fsp3) is 0.667. The van der Waals surface area contributed by atoms with Crippen molar-refractivity contribution >= 4 is 0 Å². The van der Waals surface area contributed by atoms with E-state index in [0.717, 1.165) is 0 Å². The molecule has 3 saturated heterocycles. The summed E-state index contributed by atoms with van der Waals surface area (Å²) in [4.78, 5) is 0. The van der Waals surface area contributed by atoms with Crippen LogP contribution in [0.2, 0.25) is 0 Å². The molecule has 1 aliphatic carbocycles. The first-order chi connectivity index (χ1) is 8.59. The second-order valence-electron chi connectivity index (χ2n) is 5.28. The van der Waals surface area contributed by atoms with Crippen molar-refractivity contribution < 1.29 is 29.5 Å². The van der Waals surface area contributed by atoms with Crippen molar-refractivity contribution in [3.05, 3.63) is 23.7 Å². The number of aliphatic hydroxyl groups excluding tert-OH is 2. The summed E-state index contributed by atoms with van der Waals surface area (Å²) in [6, 6.07) is 0. The van der Waals surface area contributed by atoms with E-state index in [2.05, 4.69) is 0 Å². The van der Waals surface area contributed by atoms with Crippen LogP contribution < -0.4 is 0 Å². The average molecular weight is 254 g/mol. The third-order valence-electron chi connectivity index (χ3n) is 4.04. The molecular formula is C12H14O6. The molecule has 6 unspecified atom stereocenters. The van der Waals surface area contributed by atoms with Gasteiger partial charge in [-0.15, -0.1) is 0 Å². The lowest BCUT2D eigenvalue weighted by atomic mass is 9.76.